The van der Waals surface area contributed by atoms with Gasteiger partial charge in [0.15, 0.2) is 0 Å². The van der Waals surface area contributed by atoms with E-state index < -0.39 is 0 Å². The molecule has 3 aromatic rings. The van der Waals surface area contributed by atoms with Crippen LogP contribution in [0.2, 0.25) is 0 Å². The van der Waals surface area contributed by atoms with Gasteiger partial charge in [-0.25, -0.2) is 0 Å². The standard InChI is InChI=1S/C17H19N3O/c1-10(2)13-6-4-11(3)8-16(13)21-17-19-14-7-5-12(18)9-15(14)20-17/h4-10H,18H2,1-3H3,(H,19,20). The van der Waals surface area contributed by atoms with E-state index in [0.717, 1.165) is 22.3 Å². The van der Waals surface area contributed by atoms with Crippen molar-refractivity contribution in [2.45, 2.75) is 26.7 Å². The van der Waals surface area contributed by atoms with Crippen molar-refractivity contribution in [3.05, 3.63) is 47.5 Å². The zero-order valence-electron chi connectivity index (χ0n) is 12.5. The molecule has 0 spiro atoms. The summed E-state index contributed by atoms with van der Waals surface area (Å²) in [5.74, 6) is 1.23. The minimum atomic E-state index is 0.389. The van der Waals surface area contributed by atoms with Crippen LogP contribution in [0, 0.1) is 6.92 Å². The molecule has 108 valence electrons. The maximum atomic E-state index is 5.97. The highest BCUT2D eigenvalue weighted by Crippen LogP contribution is 2.31. The van der Waals surface area contributed by atoms with Crippen LogP contribution in [0.3, 0.4) is 0 Å². The number of benzene rings is 2. The van der Waals surface area contributed by atoms with Gasteiger partial charge in [0.2, 0.25) is 0 Å². The minimum Gasteiger partial charge on any atom is -0.425 e. The molecule has 2 aromatic carbocycles. The smallest absolute Gasteiger partial charge is 0.300 e. The van der Waals surface area contributed by atoms with E-state index in [1.807, 2.05) is 24.3 Å². The fraction of sp³-hybridized carbons (Fsp3) is 0.235. The first-order valence-corrected chi connectivity index (χ1v) is 7.06. The van der Waals surface area contributed by atoms with Gasteiger partial charge in [0.1, 0.15) is 5.75 Å². The lowest BCUT2D eigenvalue weighted by molar-refractivity contribution is 0.441. The number of nitrogens with two attached hydrogens (primary N) is 1. The monoisotopic (exact) mass is 281 g/mol. The Kier molecular flexibility index (Phi) is 3.29. The molecular weight excluding hydrogens is 262 g/mol. The van der Waals surface area contributed by atoms with Crippen molar-refractivity contribution in [1.29, 1.82) is 0 Å². The van der Waals surface area contributed by atoms with Gasteiger partial charge >= 0.3 is 0 Å². The van der Waals surface area contributed by atoms with Gasteiger partial charge in [0.05, 0.1) is 11.0 Å². The first-order chi connectivity index (χ1) is 10.0. The number of ether oxygens (including phenoxy) is 1. The number of nitrogen functional groups attached to an aromatic ring is 1. The number of rotatable bonds is 3. The molecule has 0 fully saturated rings. The molecule has 1 heterocycles. The van der Waals surface area contributed by atoms with E-state index in [9.17, 15) is 0 Å². The molecule has 0 aliphatic heterocycles. The van der Waals surface area contributed by atoms with Crippen molar-refractivity contribution in [3.8, 4) is 11.8 Å². The molecule has 4 nitrogen and oxygen atoms in total. The lowest BCUT2D eigenvalue weighted by Gasteiger charge is -2.12. The first kappa shape index (κ1) is 13.5. The number of imidazole rings is 1. The van der Waals surface area contributed by atoms with Crippen LogP contribution in [0.4, 0.5) is 5.69 Å². The van der Waals surface area contributed by atoms with E-state index in [2.05, 4.69) is 42.9 Å². The van der Waals surface area contributed by atoms with Gasteiger partial charge in [-0.05, 0) is 48.2 Å². The van der Waals surface area contributed by atoms with Crippen LogP contribution in [-0.4, -0.2) is 9.97 Å². The normalized spacial score (nSPS) is 11.2. The van der Waals surface area contributed by atoms with Gasteiger partial charge in [0, 0.05) is 5.69 Å². The second-order valence-electron chi connectivity index (χ2n) is 5.62. The van der Waals surface area contributed by atoms with Crippen LogP contribution in [0.25, 0.3) is 11.0 Å². The summed E-state index contributed by atoms with van der Waals surface area (Å²) in [7, 11) is 0. The zero-order valence-corrected chi connectivity index (χ0v) is 12.5. The van der Waals surface area contributed by atoms with E-state index in [0.29, 0.717) is 17.6 Å². The highest BCUT2D eigenvalue weighted by Gasteiger charge is 2.11. The molecule has 0 bridgehead atoms. The molecular formula is C17H19N3O. The van der Waals surface area contributed by atoms with Gasteiger partial charge in [-0.15, -0.1) is 0 Å². The van der Waals surface area contributed by atoms with Crippen LogP contribution in [0.5, 0.6) is 11.8 Å². The maximum absolute atomic E-state index is 5.97. The largest absolute Gasteiger partial charge is 0.425 e. The molecule has 1 aromatic heterocycles. The van der Waals surface area contributed by atoms with E-state index in [1.54, 1.807) is 0 Å². The third-order valence-corrected chi connectivity index (χ3v) is 3.48. The number of fused-ring (bicyclic) bond motifs is 1. The molecule has 0 atom stereocenters. The topological polar surface area (TPSA) is 63.9 Å². The fourth-order valence-electron chi connectivity index (χ4n) is 2.36. The third kappa shape index (κ3) is 2.70. The van der Waals surface area contributed by atoms with E-state index in [4.69, 9.17) is 10.5 Å². The molecule has 4 heteroatoms. The Labute approximate surface area is 124 Å². The first-order valence-electron chi connectivity index (χ1n) is 7.06. The van der Waals surface area contributed by atoms with Gasteiger partial charge in [-0.3, -0.25) is 0 Å². The summed E-state index contributed by atoms with van der Waals surface area (Å²) < 4.78 is 5.97. The summed E-state index contributed by atoms with van der Waals surface area (Å²) in [5.41, 5.74) is 10.5. The maximum Gasteiger partial charge on any atom is 0.300 e. The van der Waals surface area contributed by atoms with Crippen molar-refractivity contribution in [2.24, 2.45) is 0 Å². The quantitative estimate of drug-likeness (QED) is 0.701. The summed E-state index contributed by atoms with van der Waals surface area (Å²) in [6.07, 6.45) is 0. The Hall–Kier alpha value is -2.49. The summed E-state index contributed by atoms with van der Waals surface area (Å²) in [5, 5.41) is 0. The minimum absolute atomic E-state index is 0.389. The lowest BCUT2D eigenvalue weighted by Crippen LogP contribution is -1.95. The Morgan fingerprint density at radius 1 is 1.14 bits per heavy atom. The number of aryl methyl sites for hydroxylation is 1. The highest BCUT2D eigenvalue weighted by molar-refractivity contribution is 5.79. The van der Waals surface area contributed by atoms with Crippen molar-refractivity contribution in [2.75, 3.05) is 5.73 Å². The summed E-state index contributed by atoms with van der Waals surface area (Å²) in [6.45, 7) is 6.35. The predicted octanol–water partition coefficient (Wildman–Crippen LogP) is 4.37. The molecule has 21 heavy (non-hydrogen) atoms. The van der Waals surface area contributed by atoms with Crippen LogP contribution in [0.1, 0.15) is 30.9 Å². The van der Waals surface area contributed by atoms with Gasteiger partial charge < -0.3 is 15.5 Å². The van der Waals surface area contributed by atoms with Crippen LogP contribution in [-0.2, 0) is 0 Å². The molecule has 0 aliphatic rings. The number of nitrogens with zero attached hydrogens (tertiary/aromatic N) is 1. The van der Waals surface area contributed by atoms with E-state index >= 15 is 0 Å². The molecule has 0 amide bonds. The molecule has 3 rings (SSSR count). The van der Waals surface area contributed by atoms with Crippen molar-refractivity contribution in [1.82, 2.24) is 9.97 Å². The van der Waals surface area contributed by atoms with Crippen molar-refractivity contribution >= 4 is 16.7 Å². The lowest BCUT2D eigenvalue weighted by atomic mass is 10.0. The second-order valence-corrected chi connectivity index (χ2v) is 5.62. The second kappa shape index (κ2) is 5.13. The highest BCUT2D eigenvalue weighted by atomic mass is 16.5. The Morgan fingerprint density at radius 2 is 1.95 bits per heavy atom. The molecule has 0 saturated heterocycles. The van der Waals surface area contributed by atoms with Crippen LogP contribution in [0.15, 0.2) is 36.4 Å². The number of hydrogen-bond acceptors (Lipinski definition) is 3. The Bertz CT molecular complexity index is 790. The van der Waals surface area contributed by atoms with E-state index in [1.165, 1.54) is 5.56 Å². The molecule has 0 unspecified atom stereocenters. The van der Waals surface area contributed by atoms with Crippen LogP contribution < -0.4 is 10.5 Å². The van der Waals surface area contributed by atoms with Gasteiger partial charge in [0.25, 0.3) is 6.01 Å². The fourth-order valence-corrected chi connectivity index (χ4v) is 2.36. The third-order valence-electron chi connectivity index (χ3n) is 3.48. The van der Waals surface area contributed by atoms with E-state index in [-0.39, 0.29) is 0 Å². The van der Waals surface area contributed by atoms with Gasteiger partial charge in [-0.1, -0.05) is 26.0 Å². The summed E-state index contributed by atoms with van der Waals surface area (Å²) in [4.78, 5) is 7.60. The average molecular weight is 281 g/mol. The average Bonchev–Trinajstić information content (AvgIpc) is 2.79. The molecule has 3 N–H and O–H groups in total. The number of nitrogens with one attached hydrogen (secondary N) is 1. The number of H-pyrrole nitrogens is 1. The van der Waals surface area contributed by atoms with Crippen molar-refractivity contribution < 1.29 is 4.74 Å². The predicted molar refractivity (Wildman–Crippen MR) is 85.8 cm³/mol. The number of aromatic nitrogens is 2. The number of anilines is 1. The van der Waals surface area contributed by atoms with Crippen LogP contribution >= 0.6 is 0 Å². The molecule has 0 radical (unpaired) electrons. The van der Waals surface area contributed by atoms with Crippen molar-refractivity contribution in [3.63, 3.8) is 0 Å². The molecule has 0 aliphatic carbocycles. The summed E-state index contributed by atoms with van der Waals surface area (Å²) >= 11 is 0. The SMILES string of the molecule is Cc1ccc(C(C)C)c(Oc2nc3ccc(N)cc3[nH]2)c1. The number of hydrogen-bond donors (Lipinski definition) is 2. The zero-order chi connectivity index (χ0) is 15.0. The van der Waals surface area contributed by atoms with Gasteiger partial charge in [-0.2, -0.15) is 4.98 Å². The summed E-state index contributed by atoms with van der Waals surface area (Å²) in [6, 6.07) is 12.3. The Balaban J connectivity index is 2.00. The Morgan fingerprint density at radius 3 is 2.71 bits per heavy atom. The number of aromatic amines is 1. The molecule has 0 saturated carbocycles.